The molecule has 2 aliphatic rings. The molecule has 0 N–H and O–H groups in total. The summed E-state index contributed by atoms with van der Waals surface area (Å²) in [6.07, 6.45) is 0.920. The lowest BCUT2D eigenvalue weighted by Gasteiger charge is -2.21. The Morgan fingerprint density at radius 2 is 2.11 bits per heavy atom. The zero-order chi connectivity index (χ0) is 12.8. The van der Waals surface area contributed by atoms with Crippen LogP contribution in [0.15, 0.2) is 22.7 Å². The highest BCUT2D eigenvalue weighted by molar-refractivity contribution is 5.67. The van der Waals surface area contributed by atoms with Gasteiger partial charge < -0.3 is 18.9 Å². The van der Waals surface area contributed by atoms with Crippen LogP contribution in [0.5, 0.6) is 11.5 Å². The molecule has 3 heterocycles. The van der Waals surface area contributed by atoms with Gasteiger partial charge in [0.15, 0.2) is 11.5 Å². The summed E-state index contributed by atoms with van der Waals surface area (Å²) >= 11 is 0. The summed E-state index contributed by atoms with van der Waals surface area (Å²) in [7, 11) is 2.11. The fraction of sp³-hybridized carbons (Fsp3) is 0.357. The Hall–Kier alpha value is -2.01. The van der Waals surface area contributed by atoms with Crippen molar-refractivity contribution in [2.24, 2.45) is 0 Å². The van der Waals surface area contributed by atoms with Crippen LogP contribution >= 0.6 is 0 Å². The maximum absolute atomic E-state index is 5.46. The molecule has 19 heavy (non-hydrogen) atoms. The van der Waals surface area contributed by atoms with Gasteiger partial charge in [-0.15, -0.1) is 0 Å². The topological polar surface area (TPSA) is 47.7 Å². The van der Waals surface area contributed by atoms with Crippen LogP contribution in [0, 0.1) is 0 Å². The van der Waals surface area contributed by atoms with Crippen molar-refractivity contribution in [3.05, 3.63) is 29.5 Å². The van der Waals surface area contributed by atoms with E-state index < -0.39 is 0 Å². The molecule has 0 unspecified atom stereocenters. The highest BCUT2D eigenvalue weighted by Gasteiger charge is 2.24. The summed E-state index contributed by atoms with van der Waals surface area (Å²) in [5.74, 6) is 2.57. The van der Waals surface area contributed by atoms with Gasteiger partial charge in [0.25, 0.3) is 0 Å². The van der Waals surface area contributed by atoms with Crippen molar-refractivity contribution < 1.29 is 14.0 Å². The standard InChI is InChI=1S/C14H14N2O3/c1-16-5-4-11-10(7-16)14(15-19-11)9-2-3-12-13(6-9)18-8-17-12/h2-3,6H,4-5,7-8H2,1H3. The minimum atomic E-state index is 0.290. The van der Waals surface area contributed by atoms with Crippen molar-refractivity contribution in [3.63, 3.8) is 0 Å². The maximum atomic E-state index is 5.46. The van der Waals surface area contributed by atoms with Crippen molar-refractivity contribution in [2.75, 3.05) is 20.4 Å². The molecule has 0 spiro atoms. The van der Waals surface area contributed by atoms with Gasteiger partial charge >= 0.3 is 0 Å². The third-order valence-corrected chi connectivity index (χ3v) is 3.66. The first-order valence-corrected chi connectivity index (χ1v) is 6.37. The average molecular weight is 258 g/mol. The Balaban J connectivity index is 1.79. The second-order valence-corrected chi connectivity index (χ2v) is 4.99. The summed E-state index contributed by atoms with van der Waals surface area (Å²) in [4.78, 5) is 2.27. The van der Waals surface area contributed by atoms with Gasteiger partial charge in [-0.3, -0.25) is 0 Å². The Morgan fingerprint density at radius 3 is 3.05 bits per heavy atom. The first-order valence-electron chi connectivity index (χ1n) is 6.37. The molecule has 0 radical (unpaired) electrons. The Kier molecular flexibility index (Phi) is 2.29. The van der Waals surface area contributed by atoms with Crippen LogP contribution in [0.3, 0.4) is 0 Å². The zero-order valence-electron chi connectivity index (χ0n) is 10.7. The molecule has 1 aromatic heterocycles. The van der Waals surface area contributed by atoms with E-state index in [1.165, 1.54) is 5.56 Å². The number of ether oxygens (including phenoxy) is 2. The number of hydrogen-bond donors (Lipinski definition) is 0. The van der Waals surface area contributed by atoms with Crippen LogP contribution in [-0.4, -0.2) is 30.4 Å². The second-order valence-electron chi connectivity index (χ2n) is 4.99. The second kappa shape index (κ2) is 3.99. The smallest absolute Gasteiger partial charge is 0.231 e. The van der Waals surface area contributed by atoms with Crippen molar-refractivity contribution in [1.82, 2.24) is 10.1 Å². The normalized spacial score (nSPS) is 17.5. The van der Waals surface area contributed by atoms with E-state index in [1.54, 1.807) is 0 Å². The van der Waals surface area contributed by atoms with E-state index >= 15 is 0 Å². The van der Waals surface area contributed by atoms with Gasteiger partial charge in [-0.2, -0.15) is 0 Å². The monoisotopic (exact) mass is 258 g/mol. The number of likely N-dealkylation sites (N-methyl/N-ethyl adjacent to an activating group) is 1. The highest BCUT2D eigenvalue weighted by atomic mass is 16.7. The molecular weight excluding hydrogens is 244 g/mol. The van der Waals surface area contributed by atoms with Gasteiger partial charge in [-0.25, -0.2) is 0 Å². The lowest BCUT2D eigenvalue weighted by molar-refractivity contribution is 0.174. The fourth-order valence-corrected chi connectivity index (χ4v) is 2.61. The van der Waals surface area contributed by atoms with E-state index in [0.29, 0.717) is 6.79 Å². The van der Waals surface area contributed by atoms with Crippen LogP contribution in [0.1, 0.15) is 11.3 Å². The number of benzene rings is 1. The lowest BCUT2D eigenvalue weighted by atomic mass is 10.0. The summed E-state index contributed by atoms with van der Waals surface area (Å²) < 4.78 is 16.2. The van der Waals surface area contributed by atoms with Crippen molar-refractivity contribution in [1.29, 1.82) is 0 Å². The van der Waals surface area contributed by atoms with Crippen LogP contribution < -0.4 is 9.47 Å². The molecule has 2 aromatic rings. The summed E-state index contributed by atoms with van der Waals surface area (Å²) in [5.41, 5.74) is 3.12. The molecule has 1 aromatic carbocycles. The molecule has 0 fully saturated rings. The maximum Gasteiger partial charge on any atom is 0.231 e. The summed E-state index contributed by atoms with van der Waals surface area (Å²) in [6.45, 7) is 2.18. The molecule has 5 heteroatoms. The number of aromatic nitrogens is 1. The molecule has 5 nitrogen and oxygen atoms in total. The number of nitrogens with zero attached hydrogens (tertiary/aromatic N) is 2. The SMILES string of the molecule is CN1CCc2onc(-c3ccc4c(c3)OCO4)c2C1. The van der Waals surface area contributed by atoms with E-state index in [4.69, 9.17) is 14.0 Å². The van der Waals surface area contributed by atoms with Crippen LogP contribution in [0.2, 0.25) is 0 Å². The van der Waals surface area contributed by atoms with Gasteiger partial charge in [-0.05, 0) is 25.2 Å². The Labute approximate surface area is 110 Å². The average Bonchev–Trinajstić information content (AvgIpc) is 3.03. The van der Waals surface area contributed by atoms with Crippen molar-refractivity contribution >= 4 is 0 Å². The largest absolute Gasteiger partial charge is 0.454 e. The molecule has 0 amide bonds. The molecule has 0 saturated heterocycles. The number of rotatable bonds is 1. The highest BCUT2D eigenvalue weighted by Crippen LogP contribution is 2.37. The third-order valence-electron chi connectivity index (χ3n) is 3.66. The molecule has 4 rings (SSSR count). The minimum absolute atomic E-state index is 0.290. The predicted molar refractivity (Wildman–Crippen MR) is 68.1 cm³/mol. The van der Waals surface area contributed by atoms with Crippen LogP contribution in [0.25, 0.3) is 11.3 Å². The van der Waals surface area contributed by atoms with Gasteiger partial charge in [-0.1, -0.05) is 5.16 Å². The molecular formula is C14H14N2O3. The quantitative estimate of drug-likeness (QED) is 0.783. The van der Waals surface area contributed by atoms with E-state index in [1.807, 2.05) is 18.2 Å². The van der Waals surface area contributed by atoms with Crippen molar-refractivity contribution in [3.8, 4) is 22.8 Å². The first-order chi connectivity index (χ1) is 9.31. The van der Waals surface area contributed by atoms with Crippen LogP contribution in [-0.2, 0) is 13.0 Å². The van der Waals surface area contributed by atoms with Gasteiger partial charge in [0.1, 0.15) is 11.5 Å². The van der Waals surface area contributed by atoms with E-state index in [2.05, 4.69) is 17.1 Å². The van der Waals surface area contributed by atoms with E-state index in [-0.39, 0.29) is 0 Å². The number of hydrogen-bond acceptors (Lipinski definition) is 5. The predicted octanol–water partition coefficient (Wildman–Crippen LogP) is 2.06. The molecule has 0 saturated carbocycles. The molecule has 0 aliphatic carbocycles. The summed E-state index contributed by atoms with van der Waals surface area (Å²) in [5, 5.41) is 4.23. The minimum Gasteiger partial charge on any atom is -0.454 e. The first kappa shape index (κ1) is 10.9. The van der Waals surface area contributed by atoms with Gasteiger partial charge in [0.05, 0.1) is 0 Å². The fourth-order valence-electron chi connectivity index (χ4n) is 2.61. The van der Waals surface area contributed by atoms with Crippen molar-refractivity contribution in [2.45, 2.75) is 13.0 Å². The number of fused-ring (bicyclic) bond motifs is 2. The van der Waals surface area contributed by atoms with Gasteiger partial charge in [0.2, 0.25) is 6.79 Å². The molecule has 0 atom stereocenters. The molecule has 98 valence electrons. The van der Waals surface area contributed by atoms with E-state index in [0.717, 1.165) is 48.0 Å². The van der Waals surface area contributed by atoms with Crippen LogP contribution in [0.4, 0.5) is 0 Å². The van der Waals surface area contributed by atoms with Gasteiger partial charge in [0, 0.05) is 30.6 Å². The zero-order valence-corrected chi connectivity index (χ0v) is 10.7. The summed E-state index contributed by atoms with van der Waals surface area (Å²) in [6, 6.07) is 5.89. The van der Waals surface area contributed by atoms with E-state index in [9.17, 15) is 0 Å². The molecule has 0 bridgehead atoms. The molecule has 2 aliphatic heterocycles. The Morgan fingerprint density at radius 1 is 1.21 bits per heavy atom. The Bertz CT molecular complexity index is 636. The third kappa shape index (κ3) is 1.69. The lowest BCUT2D eigenvalue weighted by Crippen LogP contribution is -2.25.